The maximum Gasteiger partial charge on any atom is 0.320 e. The number of nitrogens with zero attached hydrogens (tertiary/aromatic N) is 2. The number of amides is 2. The first-order valence-corrected chi connectivity index (χ1v) is 6.15. The lowest BCUT2D eigenvalue weighted by atomic mass is 9.96. The summed E-state index contributed by atoms with van der Waals surface area (Å²) in [5.41, 5.74) is -0.310. The second-order valence-electron chi connectivity index (χ2n) is 6.13. The first-order chi connectivity index (χ1) is 7.05. The molecule has 3 nitrogen and oxygen atoms in total. The molecule has 96 valence electrons. The van der Waals surface area contributed by atoms with E-state index >= 15 is 0 Å². The van der Waals surface area contributed by atoms with Gasteiger partial charge in [0.1, 0.15) is 0 Å². The summed E-state index contributed by atoms with van der Waals surface area (Å²) in [4.78, 5) is 16.3. The summed E-state index contributed by atoms with van der Waals surface area (Å²) in [6.45, 7) is 18.1. The third kappa shape index (κ3) is 3.69. The van der Waals surface area contributed by atoms with Crippen molar-refractivity contribution in [3.05, 3.63) is 0 Å². The second-order valence-corrected chi connectivity index (χ2v) is 6.13. The monoisotopic (exact) mass is 228 g/mol. The number of carbonyl (C=O) groups is 1. The van der Waals surface area contributed by atoms with Gasteiger partial charge in [-0.15, -0.1) is 0 Å². The Hall–Kier alpha value is -0.730. The van der Waals surface area contributed by atoms with Crippen LogP contribution in [0.4, 0.5) is 4.79 Å². The molecule has 0 saturated heterocycles. The van der Waals surface area contributed by atoms with Gasteiger partial charge in [0.25, 0.3) is 0 Å². The minimum atomic E-state index is -0.155. The van der Waals surface area contributed by atoms with Gasteiger partial charge in [-0.25, -0.2) is 4.79 Å². The van der Waals surface area contributed by atoms with E-state index in [2.05, 4.69) is 41.5 Å². The predicted molar refractivity (Wildman–Crippen MR) is 69.7 cm³/mol. The van der Waals surface area contributed by atoms with Gasteiger partial charge >= 0.3 is 6.03 Å². The molecule has 2 amide bonds. The minimum Gasteiger partial charge on any atom is -0.325 e. The molecule has 0 fully saturated rings. The fourth-order valence-electron chi connectivity index (χ4n) is 2.22. The van der Waals surface area contributed by atoms with Crippen LogP contribution in [0.25, 0.3) is 0 Å². The zero-order chi connectivity index (χ0) is 13.1. The van der Waals surface area contributed by atoms with Crippen molar-refractivity contribution in [1.29, 1.82) is 0 Å². The Morgan fingerprint density at radius 2 is 1.19 bits per heavy atom. The highest BCUT2D eigenvalue weighted by atomic mass is 16.2. The Labute approximate surface area is 101 Å². The Bertz CT molecular complexity index is 217. The van der Waals surface area contributed by atoms with Gasteiger partial charge in [0.05, 0.1) is 0 Å². The number of hydrogen-bond acceptors (Lipinski definition) is 1. The number of hydrogen-bond donors (Lipinski definition) is 0. The summed E-state index contributed by atoms with van der Waals surface area (Å²) >= 11 is 0. The maximum atomic E-state index is 12.5. The molecule has 0 aromatic carbocycles. The molecule has 0 spiro atoms. The van der Waals surface area contributed by atoms with Gasteiger partial charge in [-0.2, -0.15) is 0 Å². The third-order valence-corrected chi connectivity index (χ3v) is 2.57. The molecule has 0 aliphatic rings. The van der Waals surface area contributed by atoms with Crippen LogP contribution < -0.4 is 0 Å². The SMILES string of the molecule is CCN(CC)C(=O)N(C(C)(C)C)C(C)(C)C. The van der Waals surface area contributed by atoms with E-state index in [9.17, 15) is 4.79 Å². The van der Waals surface area contributed by atoms with Crippen LogP contribution in [-0.2, 0) is 0 Å². The zero-order valence-corrected chi connectivity index (χ0v) is 12.2. The number of rotatable bonds is 2. The highest BCUT2D eigenvalue weighted by molar-refractivity contribution is 5.76. The van der Waals surface area contributed by atoms with Gasteiger partial charge in [-0.3, -0.25) is 0 Å². The minimum absolute atomic E-state index is 0.130. The van der Waals surface area contributed by atoms with Crippen molar-refractivity contribution in [3.8, 4) is 0 Å². The van der Waals surface area contributed by atoms with Crippen LogP contribution in [0.3, 0.4) is 0 Å². The standard InChI is InChI=1S/C13H28N2O/c1-9-14(10-2)11(16)15(12(3,4)5)13(6,7)8/h9-10H2,1-8H3. The lowest BCUT2D eigenvalue weighted by Crippen LogP contribution is -2.59. The van der Waals surface area contributed by atoms with E-state index in [1.165, 1.54) is 0 Å². The highest BCUT2D eigenvalue weighted by Crippen LogP contribution is 2.26. The van der Waals surface area contributed by atoms with Gasteiger partial charge in [-0.05, 0) is 55.4 Å². The molecule has 0 aromatic heterocycles. The Balaban J connectivity index is 5.15. The fraction of sp³-hybridized carbons (Fsp3) is 0.923. The molecular weight excluding hydrogens is 200 g/mol. The predicted octanol–water partition coefficient (Wildman–Crippen LogP) is 3.35. The van der Waals surface area contributed by atoms with E-state index in [1.807, 2.05) is 23.6 Å². The zero-order valence-electron chi connectivity index (χ0n) is 12.2. The number of urea groups is 1. The Morgan fingerprint density at radius 1 is 0.875 bits per heavy atom. The Kier molecular flexibility index (Phi) is 4.84. The molecule has 0 radical (unpaired) electrons. The van der Waals surface area contributed by atoms with E-state index < -0.39 is 0 Å². The quantitative estimate of drug-likeness (QED) is 0.711. The van der Waals surface area contributed by atoms with Crippen molar-refractivity contribution in [2.75, 3.05) is 13.1 Å². The van der Waals surface area contributed by atoms with E-state index in [0.29, 0.717) is 0 Å². The molecule has 0 aliphatic heterocycles. The summed E-state index contributed by atoms with van der Waals surface area (Å²) in [7, 11) is 0. The molecule has 0 rings (SSSR count). The van der Waals surface area contributed by atoms with Gasteiger partial charge in [-0.1, -0.05) is 0 Å². The van der Waals surface area contributed by atoms with Crippen molar-refractivity contribution >= 4 is 6.03 Å². The van der Waals surface area contributed by atoms with Crippen molar-refractivity contribution in [2.24, 2.45) is 0 Å². The van der Waals surface area contributed by atoms with Crippen LogP contribution in [0.5, 0.6) is 0 Å². The summed E-state index contributed by atoms with van der Waals surface area (Å²) in [5.74, 6) is 0. The molecular formula is C13H28N2O. The molecule has 0 heterocycles. The second kappa shape index (κ2) is 5.07. The van der Waals surface area contributed by atoms with Crippen molar-refractivity contribution in [3.63, 3.8) is 0 Å². The summed E-state index contributed by atoms with van der Waals surface area (Å²) in [6.07, 6.45) is 0. The van der Waals surface area contributed by atoms with Crippen molar-refractivity contribution < 1.29 is 4.79 Å². The van der Waals surface area contributed by atoms with E-state index in [0.717, 1.165) is 13.1 Å². The molecule has 0 N–H and O–H groups in total. The average molecular weight is 228 g/mol. The maximum absolute atomic E-state index is 12.5. The summed E-state index contributed by atoms with van der Waals surface area (Å²) in [5, 5.41) is 0. The molecule has 0 aliphatic carbocycles. The largest absolute Gasteiger partial charge is 0.325 e. The molecule has 0 saturated carbocycles. The summed E-state index contributed by atoms with van der Waals surface area (Å²) in [6, 6.07) is 0.130. The van der Waals surface area contributed by atoms with E-state index in [1.54, 1.807) is 0 Å². The third-order valence-electron chi connectivity index (χ3n) is 2.57. The van der Waals surface area contributed by atoms with Crippen LogP contribution in [-0.4, -0.2) is 40.0 Å². The van der Waals surface area contributed by atoms with Crippen molar-refractivity contribution in [2.45, 2.75) is 66.5 Å². The normalized spacial score (nSPS) is 12.5. The average Bonchev–Trinajstić information content (AvgIpc) is 2.00. The molecule has 0 bridgehead atoms. The van der Waals surface area contributed by atoms with Gasteiger partial charge in [0.15, 0.2) is 0 Å². The molecule has 16 heavy (non-hydrogen) atoms. The van der Waals surface area contributed by atoms with E-state index in [-0.39, 0.29) is 17.1 Å². The number of carbonyl (C=O) groups excluding carboxylic acids is 1. The molecule has 0 unspecified atom stereocenters. The van der Waals surface area contributed by atoms with Crippen molar-refractivity contribution in [1.82, 2.24) is 9.80 Å². The Morgan fingerprint density at radius 3 is 1.38 bits per heavy atom. The van der Waals surface area contributed by atoms with Crippen LogP contribution >= 0.6 is 0 Å². The van der Waals surface area contributed by atoms with Gasteiger partial charge in [0, 0.05) is 24.2 Å². The van der Waals surface area contributed by atoms with Crippen LogP contribution in [0.2, 0.25) is 0 Å². The smallest absolute Gasteiger partial charge is 0.320 e. The summed E-state index contributed by atoms with van der Waals surface area (Å²) < 4.78 is 0. The van der Waals surface area contributed by atoms with Gasteiger partial charge in [0.2, 0.25) is 0 Å². The van der Waals surface area contributed by atoms with Crippen LogP contribution in [0.1, 0.15) is 55.4 Å². The van der Waals surface area contributed by atoms with E-state index in [4.69, 9.17) is 0 Å². The topological polar surface area (TPSA) is 23.6 Å². The first-order valence-electron chi connectivity index (χ1n) is 6.15. The fourth-order valence-corrected chi connectivity index (χ4v) is 2.22. The molecule has 0 aromatic rings. The van der Waals surface area contributed by atoms with Gasteiger partial charge < -0.3 is 9.80 Å². The van der Waals surface area contributed by atoms with Crippen LogP contribution in [0, 0.1) is 0 Å². The van der Waals surface area contributed by atoms with Crippen LogP contribution in [0.15, 0.2) is 0 Å². The first kappa shape index (κ1) is 15.3. The lowest BCUT2D eigenvalue weighted by Gasteiger charge is -2.47. The molecule has 0 atom stereocenters. The lowest BCUT2D eigenvalue weighted by molar-refractivity contribution is 0.0519. The molecule has 3 heteroatoms. The highest BCUT2D eigenvalue weighted by Gasteiger charge is 2.37.